The van der Waals surface area contributed by atoms with Crippen LogP contribution in [0.15, 0.2) is 53.4 Å². The number of amides is 2. The standard InChI is InChI=1S/C22H23NO4S/c1-4-26-17-12-10-15(11-13-17)19-20(28-6-3)22(25)23(21(19)24)16-8-7-9-18(14-16)27-5-2/h7-14H,4-6H2,1-3H3. The summed E-state index contributed by atoms with van der Waals surface area (Å²) in [6.45, 7) is 6.85. The zero-order chi connectivity index (χ0) is 20.1. The second-order valence-corrected chi connectivity index (χ2v) is 7.24. The smallest absolute Gasteiger partial charge is 0.272 e. The molecule has 1 aliphatic rings. The van der Waals surface area contributed by atoms with E-state index in [1.54, 1.807) is 24.3 Å². The zero-order valence-corrected chi connectivity index (χ0v) is 17.0. The summed E-state index contributed by atoms with van der Waals surface area (Å²) in [5.74, 6) is 1.43. The fourth-order valence-corrected chi connectivity index (χ4v) is 3.89. The maximum atomic E-state index is 13.2. The molecule has 2 aromatic carbocycles. The molecule has 0 unspecified atom stereocenters. The average Bonchev–Trinajstić information content (AvgIpc) is 2.94. The van der Waals surface area contributed by atoms with E-state index in [1.807, 2.05) is 45.0 Å². The van der Waals surface area contributed by atoms with Gasteiger partial charge >= 0.3 is 0 Å². The van der Waals surface area contributed by atoms with Gasteiger partial charge in [-0.3, -0.25) is 9.59 Å². The van der Waals surface area contributed by atoms with Crippen molar-refractivity contribution in [2.24, 2.45) is 0 Å². The van der Waals surface area contributed by atoms with Crippen molar-refractivity contribution in [3.63, 3.8) is 0 Å². The minimum atomic E-state index is -0.321. The summed E-state index contributed by atoms with van der Waals surface area (Å²) in [6.07, 6.45) is 0. The Morgan fingerprint density at radius 1 is 0.857 bits per heavy atom. The minimum absolute atomic E-state index is 0.297. The van der Waals surface area contributed by atoms with Crippen molar-refractivity contribution in [2.45, 2.75) is 20.8 Å². The van der Waals surface area contributed by atoms with Crippen molar-refractivity contribution in [3.05, 3.63) is 59.0 Å². The van der Waals surface area contributed by atoms with Crippen LogP contribution in [0.5, 0.6) is 11.5 Å². The van der Waals surface area contributed by atoms with Gasteiger partial charge < -0.3 is 9.47 Å². The fraction of sp³-hybridized carbons (Fsp3) is 0.273. The van der Waals surface area contributed by atoms with Crippen LogP contribution in [0.1, 0.15) is 26.3 Å². The summed E-state index contributed by atoms with van der Waals surface area (Å²) in [6, 6.07) is 14.3. The normalized spacial score (nSPS) is 14.0. The lowest BCUT2D eigenvalue weighted by Crippen LogP contribution is -2.31. The van der Waals surface area contributed by atoms with Gasteiger partial charge in [-0.05, 0) is 49.4 Å². The van der Waals surface area contributed by atoms with Gasteiger partial charge in [-0.2, -0.15) is 0 Å². The number of hydrogen-bond donors (Lipinski definition) is 0. The predicted molar refractivity (Wildman–Crippen MR) is 113 cm³/mol. The Hall–Kier alpha value is -2.73. The van der Waals surface area contributed by atoms with E-state index in [0.29, 0.717) is 46.4 Å². The SMILES string of the molecule is CCOc1ccc(C2=C(SCC)C(=O)N(c3cccc(OCC)c3)C2=O)cc1. The summed E-state index contributed by atoms with van der Waals surface area (Å²) < 4.78 is 11.0. The molecule has 0 bridgehead atoms. The first-order valence-electron chi connectivity index (χ1n) is 9.32. The van der Waals surface area contributed by atoms with E-state index in [-0.39, 0.29) is 11.8 Å². The first-order valence-corrected chi connectivity index (χ1v) is 10.3. The van der Waals surface area contributed by atoms with Crippen LogP contribution in [0.2, 0.25) is 0 Å². The molecule has 0 spiro atoms. The van der Waals surface area contributed by atoms with Crippen molar-refractivity contribution < 1.29 is 19.1 Å². The molecular formula is C22H23NO4S. The molecule has 0 aliphatic carbocycles. The number of ether oxygens (including phenoxy) is 2. The Kier molecular flexibility index (Phi) is 6.41. The van der Waals surface area contributed by atoms with Crippen LogP contribution in [-0.4, -0.2) is 30.8 Å². The number of thioether (sulfide) groups is 1. The molecule has 0 saturated carbocycles. The molecule has 1 aliphatic heterocycles. The van der Waals surface area contributed by atoms with Gasteiger partial charge in [-0.25, -0.2) is 4.90 Å². The fourth-order valence-electron chi connectivity index (χ4n) is 3.04. The van der Waals surface area contributed by atoms with Gasteiger partial charge in [0.15, 0.2) is 0 Å². The molecule has 2 amide bonds. The number of benzene rings is 2. The third-order valence-electron chi connectivity index (χ3n) is 4.17. The van der Waals surface area contributed by atoms with Crippen molar-refractivity contribution in [2.75, 3.05) is 23.9 Å². The van der Waals surface area contributed by atoms with E-state index in [9.17, 15) is 9.59 Å². The highest BCUT2D eigenvalue weighted by molar-refractivity contribution is 8.04. The van der Waals surface area contributed by atoms with Gasteiger partial charge in [0.1, 0.15) is 11.5 Å². The Morgan fingerprint density at radius 3 is 2.18 bits per heavy atom. The van der Waals surface area contributed by atoms with Crippen LogP contribution in [0.3, 0.4) is 0 Å². The molecule has 2 aromatic rings. The number of rotatable bonds is 8. The van der Waals surface area contributed by atoms with Crippen LogP contribution in [-0.2, 0) is 9.59 Å². The number of anilines is 1. The highest BCUT2D eigenvalue weighted by Crippen LogP contribution is 2.39. The topological polar surface area (TPSA) is 55.8 Å². The molecule has 5 nitrogen and oxygen atoms in total. The number of carbonyl (C=O) groups is 2. The third-order valence-corrected chi connectivity index (χ3v) is 5.13. The molecule has 0 atom stereocenters. The molecule has 0 saturated heterocycles. The van der Waals surface area contributed by atoms with Gasteiger partial charge in [0, 0.05) is 6.07 Å². The summed E-state index contributed by atoms with van der Waals surface area (Å²) in [4.78, 5) is 28.0. The second kappa shape index (κ2) is 8.97. The van der Waals surface area contributed by atoms with E-state index in [2.05, 4.69) is 0 Å². The van der Waals surface area contributed by atoms with Gasteiger partial charge in [0.05, 0.1) is 29.4 Å². The van der Waals surface area contributed by atoms with Crippen LogP contribution < -0.4 is 14.4 Å². The first kappa shape index (κ1) is 20.0. The van der Waals surface area contributed by atoms with Crippen molar-refractivity contribution >= 4 is 34.8 Å². The highest BCUT2D eigenvalue weighted by Gasteiger charge is 2.40. The monoisotopic (exact) mass is 397 g/mol. The maximum Gasteiger partial charge on any atom is 0.272 e. The van der Waals surface area contributed by atoms with E-state index < -0.39 is 0 Å². The number of hydrogen-bond acceptors (Lipinski definition) is 5. The van der Waals surface area contributed by atoms with Crippen LogP contribution >= 0.6 is 11.8 Å². The molecule has 146 valence electrons. The molecule has 0 radical (unpaired) electrons. The first-order chi connectivity index (χ1) is 13.6. The lowest BCUT2D eigenvalue weighted by molar-refractivity contribution is -0.119. The Labute approximate surface area is 169 Å². The molecular weight excluding hydrogens is 374 g/mol. The maximum absolute atomic E-state index is 13.2. The average molecular weight is 397 g/mol. The lowest BCUT2D eigenvalue weighted by Gasteiger charge is -2.16. The van der Waals surface area contributed by atoms with Crippen LogP contribution in [0.25, 0.3) is 5.57 Å². The van der Waals surface area contributed by atoms with Gasteiger partial charge in [0.25, 0.3) is 11.8 Å². The van der Waals surface area contributed by atoms with Crippen LogP contribution in [0.4, 0.5) is 5.69 Å². The molecule has 6 heteroatoms. The largest absolute Gasteiger partial charge is 0.494 e. The van der Waals surface area contributed by atoms with Gasteiger partial charge in [0.2, 0.25) is 0 Å². The summed E-state index contributed by atoms with van der Waals surface area (Å²) in [7, 11) is 0. The predicted octanol–water partition coefficient (Wildman–Crippen LogP) is 4.52. The number of imide groups is 1. The summed E-state index contributed by atoms with van der Waals surface area (Å²) in [5.41, 5.74) is 1.65. The molecule has 0 fully saturated rings. The molecule has 3 rings (SSSR count). The van der Waals surface area contributed by atoms with E-state index in [4.69, 9.17) is 9.47 Å². The lowest BCUT2D eigenvalue weighted by atomic mass is 10.1. The highest BCUT2D eigenvalue weighted by atomic mass is 32.2. The Balaban J connectivity index is 2.00. The van der Waals surface area contributed by atoms with Crippen molar-refractivity contribution in [1.82, 2.24) is 0 Å². The van der Waals surface area contributed by atoms with Crippen molar-refractivity contribution in [3.8, 4) is 11.5 Å². The summed E-state index contributed by atoms with van der Waals surface area (Å²) >= 11 is 1.39. The van der Waals surface area contributed by atoms with E-state index in [0.717, 1.165) is 5.75 Å². The molecule has 0 N–H and O–H groups in total. The quantitative estimate of drug-likeness (QED) is 0.613. The van der Waals surface area contributed by atoms with E-state index in [1.165, 1.54) is 16.7 Å². The van der Waals surface area contributed by atoms with Gasteiger partial charge in [-0.15, -0.1) is 11.8 Å². The minimum Gasteiger partial charge on any atom is -0.494 e. The van der Waals surface area contributed by atoms with Crippen molar-refractivity contribution in [1.29, 1.82) is 0 Å². The van der Waals surface area contributed by atoms with E-state index >= 15 is 0 Å². The Morgan fingerprint density at radius 2 is 1.54 bits per heavy atom. The summed E-state index contributed by atoms with van der Waals surface area (Å²) in [5, 5.41) is 0. The third kappa shape index (κ3) is 3.92. The molecule has 28 heavy (non-hydrogen) atoms. The number of nitrogens with zero attached hydrogens (tertiary/aromatic N) is 1. The Bertz CT molecular complexity index is 905. The molecule has 1 heterocycles. The second-order valence-electron chi connectivity index (χ2n) is 5.97. The van der Waals surface area contributed by atoms with Gasteiger partial charge in [-0.1, -0.05) is 25.1 Å². The molecule has 0 aromatic heterocycles. The van der Waals surface area contributed by atoms with Crippen LogP contribution in [0, 0.1) is 0 Å². The zero-order valence-electron chi connectivity index (χ0n) is 16.2. The number of carbonyl (C=O) groups excluding carboxylic acids is 2.